The quantitative estimate of drug-likeness (QED) is 0.809. The molecule has 16 heavy (non-hydrogen) atoms. The molecular formula is C9H9F3INO2. The highest BCUT2D eigenvalue weighted by atomic mass is 127. The highest BCUT2D eigenvalue weighted by Gasteiger charge is 2.38. The van der Waals surface area contributed by atoms with Gasteiger partial charge in [0.05, 0.1) is 10.7 Å². The fraction of sp³-hybridized carbons (Fsp3) is 0.333. The van der Waals surface area contributed by atoms with Crippen LogP contribution in [0.2, 0.25) is 0 Å². The third-order valence-corrected chi connectivity index (χ3v) is 2.80. The molecule has 0 bridgehead atoms. The monoisotopic (exact) mass is 347 g/mol. The van der Waals surface area contributed by atoms with Gasteiger partial charge < -0.3 is 15.6 Å². The Morgan fingerprint density at radius 2 is 2.00 bits per heavy atom. The summed E-state index contributed by atoms with van der Waals surface area (Å²) in [4.78, 5) is 0. The lowest BCUT2D eigenvalue weighted by atomic mass is 10.1. The Kier molecular flexibility index (Phi) is 3.89. The first kappa shape index (κ1) is 13.4. The maximum atomic E-state index is 12.4. The number of alkyl halides is 3. The molecule has 0 saturated heterocycles. The van der Waals surface area contributed by atoms with Gasteiger partial charge in [-0.3, -0.25) is 0 Å². The fourth-order valence-corrected chi connectivity index (χ4v) is 1.74. The van der Waals surface area contributed by atoms with Crippen LogP contribution in [-0.2, 0) is 0 Å². The minimum Gasteiger partial charge on any atom is -0.504 e. The molecule has 0 aliphatic carbocycles. The van der Waals surface area contributed by atoms with Crippen molar-refractivity contribution in [3.05, 3.63) is 21.3 Å². The zero-order valence-electron chi connectivity index (χ0n) is 8.18. The SMILES string of the molecule is COc1cc(C(N)C(F)(F)F)cc(I)c1O. The van der Waals surface area contributed by atoms with Crippen molar-refractivity contribution in [2.75, 3.05) is 7.11 Å². The number of rotatable bonds is 2. The van der Waals surface area contributed by atoms with Gasteiger partial charge in [0.2, 0.25) is 0 Å². The van der Waals surface area contributed by atoms with E-state index in [1.807, 2.05) is 0 Å². The topological polar surface area (TPSA) is 55.5 Å². The molecule has 0 aliphatic heterocycles. The van der Waals surface area contributed by atoms with Crippen LogP contribution in [0.5, 0.6) is 11.5 Å². The van der Waals surface area contributed by atoms with Gasteiger partial charge in [-0.25, -0.2) is 0 Å². The molecule has 0 heterocycles. The summed E-state index contributed by atoms with van der Waals surface area (Å²) in [6.07, 6.45) is -4.52. The van der Waals surface area contributed by atoms with Crippen LogP contribution < -0.4 is 10.5 Å². The number of phenolic OH excluding ortho intramolecular Hbond substituents is 1. The van der Waals surface area contributed by atoms with Crippen LogP contribution in [0.4, 0.5) is 13.2 Å². The van der Waals surface area contributed by atoms with Crippen LogP contribution in [0.25, 0.3) is 0 Å². The van der Waals surface area contributed by atoms with E-state index in [0.29, 0.717) is 0 Å². The second-order valence-electron chi connectivity index (χ2n) is 3.07. The summed E-state index contributed by atoms with van der Waals surface area (Å²) in [5.74, 6) is -0.220. The molecule has 0 radical (unpaired) electrons. The number of ether oxygens (including phenoxy) is 1. The standard InChI is InChI=1S/C9H9F3INO2/c1-16-6-3-4(2-5(13)7(6)15)8(14)9(10,11)12/h2-3,8,15H,14H2,1H3. The molecule has 0 fully saturated rings. The first-order valence-electron chi connectivity index (χ1n) is 4.16. The predicted molar refractivity (Wildman–Crippen MR) is 60.4 cm³/mol. The van der Waals surface area contributed by atoms with Gasteiger partial charge in [0.1, 0.15) is 6.04 Å². The number of phenols is 1. The van der Waals surface area contributed by atoms with Gasteiger partial charge in [-0.2, -0.15) is 13.2 Å². The molecule has 0 amide bonds. The summed E-state index contributed by atoms with van der Waals surface area (Å²) in [5, 5.41) is 9.45. The lowest BCUT2D eigenvalue weighted by Gasteiger charge is -2.17. The average molecular weight is 347 g/mol. The summed E-state index contributed by atoms with van der Waals surface area (Å²) in [5.41, 5.74) is 4.90. The molecule has 0 spiro atoms. The fourth-order valence-electron chi connectivity index (χ4n) is 1.12. The summed E-state index contributed by atoms with van der Waals surface area (Å²) in [7, 11) is 1.26. The summed E-state index contributed by atoms with van der Waals surface area (Å²) in [6, 6.07) is 0.169. The van der Waals surface area contributed by atoms with E-state index in [4.69, 9.17) is 10.5 Å². The van der Waals surface area contributed by atoms with Crippen molar-refractivity contribution in [2.45, 2.75) is 12.2 Å². The lowest BCUT2D eigenvalue weighted by Crippen LogP contribution is -2.28. The first-order valence-corrected chi connectivity index (χ1v) is 5.24. The minimum atomic E-state index is -4.52. The van der Waals surface area contributed by atoms with Crippen molar-refractivity contribution < 1.29 is 23.0 Å². The molecule has 1 atom stereocenters. The molecular weight excluding hydrogens is 338 g/mol. The number of benzene rings is 1. The van der Waals surface area contributed by atoms with Gasteiger partial charge in [-0.05, 0) is 40.3 Å². The van der Waals surface area contributed by atoms with Crippen molar-refractivity contribution in [3.63, 3.8) is 0 Å². The zero-order valence-corrected chi connectivity index (χ0v) is 10.3. The van der Waals surface area contributed by atoms with Crippen LogP contribution in [0.15, 0.2) is 12.1 Å². The second-order valence-corrected chi connectivity index (χ2v) is 4.24. The first-order chi connectivity index (χ1) is 7.27. The van der Waals surface area contributed by atoms with Crippen molar-refractivity contribution in [1.29, 1.82) is 0 Å². The summed E-state index contributed by atoms with van der Waals surface area (Å²) in [6.45, 7) is 0. The largest absolute Gasteiger partial charge is 0.504 e. The Morgan fingerprint density at radius 3 is 2.44 bits per heavy atom. The summed E-state index contributed by atoms with van der Waals surface area (Å²) < 4.78 is 42.1. The van der Waals surface area contributed by atoms with Crippen molar-refractivity contribution in [2.24, 2.45) is 5.73 Å². The maximum absolute atomic E-state index is 12.4. The van der Waals surface area contributed by atoms with E-state index >= 15 is 0 Å². The zero-order chi connectivity index (χ0) is 12.5. The molecule has 1 aromatic rings. The third kappa shape index (κ3) is 2.70. The van der Waals surface area contributed by atoms with E-state index in [9.17, 15) is 18.3 Å². The van der Waals surface area contributed by atoms with Gasteiger partial charge in [0.25, 0.3) is 0 Å². The second kappa shape index (κ2) is 4.66. The molecule has 0 saturated carbocycles. The van der Waals surface area contributed by atoms with E-state index in [2.05, 4.69) is 0 Å². The van der Waals surface area contributed by atoms with Crippen LogP contribution in [-0.4, -0.2) is 18.4 Å². The highest BCUT2D eigenvalue weighted by Crippen LogP contribution is 2.37. The molecule has 3 N–H and O–H groups in total. The van der Waals surface area contributed by atoms with E-state index in [1.165, 1.54) is 13.2 Å². The Balaban J connectivity index is 3.21. The summed E-state index contributed by atoms with van der Waals surface area (Å²) >= 11 is 1.71. The van der Waals surface area contributed by atoms with E-state index in [-0.39, 0.29) is 20.6 Å². The van der Waals surface area contributed by atoms with Gasteiger partial charge in [0, 0.05) is 0 Å². The molecule has 1 rings (SSSR count). The lowest BCUT2D eigenvalue weighted by molar-refractivity contribution is -0.149. The molecule has 1 aromatic carbocycles. The third-order valence-electron chi connectivity index (χ3n) is 1.98. The average Bonchev–Trinajstić information content (AvgIpc) is 2.19. The molecule has 90 valence electrons. The Bertz CT molecular complexity index is 395. The smallest absolute Gasteiger partial charge is 0.407 e. The van der Waals surface area contributed by atoms with E-state index in [0.717, 1.165) is 6.07 Å². The maximum Gasteiger partial charge on any atom is 0.407 e. The Hall–Kier alpha value is -0.700. The van der Waals surface area contributed by atoms with Gasteiger partial charge >= 0.3 is 6.18 Å². The number of aromatic hydroxyl groups is 1. The highest BCUT2D eigenvalue weighted by molar-refractivity contribution is 14.1. The molecule has 1 unspecified atom stereocenters. The predicted octanol–water partition coefficient (Wildman–Crippen LogP) is 2.57. The molecule has 7 heteroatoms. The van der Waals surface area contributed by atoms with Gasteiger partial charge in [0.15, 0.2) is 11.5 Å². The number of hydrogen-bond acceptors (Lipinski definition) is 3. The Labute approximate surface area is 104 Å². The molecule has 0 aromatic heterocycles. The van der Waals surface area contributed by atoms with Crippen molar-refractivity contribution in [1.82, 2.24) is 0 Å². The van der Waals surface area contributed by atoms with Gasteiger partial charge in [-0.15, -0.1) is 0 Å². The molecule has 0 aliphatic rings. The number of methoxy groups -OCH3 is 1. The number of hydrogen-bond donors (Lipinski definition) is 2. The number of halogens is 4. The Morgan fingerprint density at radius 1 is 1.44 bits per heavy atom. The number of nitrogens with two attached hydrogens (primary N) is 1. The van der Waals surface area contributed by atoms with Crippen LogP contribution >= 0.6 is 22.6 Å². The van der Waals surface area contributed by atoms with Crippen molar-refractivity contribution >= 4 is 22.6 Å². The van der Waals surface area contributed by atoms with Crippen molar-refractivity contribution in [3.8, 4) is 11.5 Å². The van der Waals surface area contributed by atoms with Crippen LogP contribution in [0.1, 0.15) is 11.6 Å². The minimum absolute atomic E-state index is 0.0263. The normalized spacial score (nSPS) is 13.6. The van der Waals surface area contributed by atoms with Crippen LogP contribution in [0, 0.1) is 3.57 Å². The van der Waals surface area contributed by atoms with Gasteiger partial charge in [-0.1, -0.05) is 0 Å². The molecule has 3 nitrogen and oxygen atoms in total. The van der Waals surface area contributed by atoms with E-state index in [1.54, 1.807) is 22.6 Å². The van der Waals surface area contributed by atoms with Crippen LogP contribution in [0.3, 0.4) is 0 Å². The van der Waals surface area contributed by atoms with E-state index < -0.39 is 12.2 Å².